The molecule has 0 aliphatic heterocycles. The quantitative estimate of drug-likeness (QED) is 0.809. The smallest absolute Gasteiger partial charge is 0.221 e. The number of carbonyl (C=O) groups is 1. The molecule has 0 bridgehead atoms. The first-order valence-corrected chi connectivity index (χ1v) is 6.47. The molecule has 1 aromatic carbocycles. The molecule has 0 radical (unpaired) electrons. The van der Waals surface area contributed by atoms with Crippen LogP contribution in [0.15, 0.2) is 24.5 Å². The predicted molar refractivity (Wildman–Crippen MR) is 77.2 cm³/mol. The highest BCUT2D eigenvalue weighted by Gasteiger charge is 2.04. The Bertz CT molecular complexity index is 583. The molecule has 1 heterocycles. The van der Waals surface area contributed by atoms with E-state index >= 15 is 0 Å². The first kappa shape index (κ1) is 13.3. The molecule has 0 spiro atoms. The summed E-state index contributed by atoms with van der Waals surface area (Å²) >= 11 is 0. The second kappa shape index (κ2) is 6.13. The SMILES string of the molecule is CCCCNc1ncnc2cc(NC(C)=O)ccc12. The second-order valence-electron chi connectivity index (χ2n) is 4.42. The summed E-state index contributed by atoms with van der Waals surface area (Å²) in [7, 11) is 0. The van der Waals surface area contributed by atoms with Crippen LogP contribution in [0.25, 0.3) is 10.9 Å². The second-order valence-corrected chi connectivity index (χ2v) is 4.42. The number of benzene rings is 1. The van der Waals surface area contributed by atoms with E-state index < -0.39 is 0 Å². The lowest BCUT2D eigenvalue weighted by atomic mass is 10.2. The highest BCUT2D eigenvalue weighted by molar-refractivity contribution is 5.95. The lowest BCUT2D eigenvalue weighted by Gasteiger charge is -2.09. The zero-order chi connectivity index (χ0) is 13.7. The van der Waals surface area contributed by atoms with E-state index in [-0.39, 0.29) is 5.91 Å². The molecule has 2 N–H and O–H groups in total. The fourth-order valence-corrected chi connectivity index (χ4v) is 1.86. The van der Waals surface area contributed by atoms with Gasteiger partial charge in [0.15, 0.2) is 0 Å². The van der Waals surface area contributed by atoms with E-state index in [0.717, 1.165) is 41.8 Å². The Morgan fingerprint density at radius 2 is 2.16 bits per heavy atom. The summed E-state index contributed by atoms with van der Waals surface area (Å²) in [5.41, 5.74) is 1.57. The number of nitrogens with one attached hydrogen (secondary N) is 2. The molecule has 0 unspecified atom stereocenters. The fraction of sp³-hybridized carbons (Fsp3) is 0.357. The third-order valence-corrected chi connectivity index (χ3v) is 2.78. The van der Waals surface area contributed by atoms with Crippen LogP contribution >= 0.6 is 0 Å². The molecule has 19 heavy (non-hydrogen) atoms. The first-order chi connectivity index (χ1) is 9.20. The van der Waals surface area contributed by atoms with Gasteiger partial charge in [0.05, 0.1) is 5.52 Å². The largest absolute Gasteiger partial charge is 0.369 e. The zero-order valence-electron chi connectivity index (χ0n) is 11.2. The summed E-state index contributed by atoms with van der Waals surface area (Å²) in [5, 5.41) is 7.02. The third-order valence-electron chi connectivity index (χ3n) is 2.78. The average molecular weight is 258 g/mol. The van der Waals surface area contributed by atoms with Gasteiger partial charge in [-0.1, -0.05) is 13.3 Å². The van der Waals surface area contributed by atoms with Crippen LogP contribution in [0.5, 0.6) is 0 Å². The molecule has 0 aliphatic rings. The minimum atomic E-state index is -0.0882. The number of unbranched alkanes of at least 4 members (excludes halogenated alkanes) is 1. The first-order valence-electron chi connectivity index (χ1n) is 6.47. The Kier molecular flexibility index (Phi) is 4.28. The standard InChI is InChI=1S/C14H18N4O/c1-3-4-7-15-14-12-6-5-11(18-10(2)19)8-13(12)16-9-17-14/h5-6,8-9H,3-4,7H2,1-2H3,(H,18,19)(H,15,16,17). The van der Waals surface area contributed by atoms with Crippen molar-refractivity contribution in [3.05, 3.63) is 24.5 Å². The van der Waals surface area contributed by atoms with E-state index in [0.29, 0.717) is 0 Å². The van der Waals surface area contributed by atoms with E-state index in [2.05, 4.69) is 27.5 Å². The number of aromatic nitrogens is 2. The molecule has 5 heteroatoms. The molecule has 1 amide bonds. The molecule has 1 aromatic heterocycles. The van der Waals surface area contributed by atoms with Gasteiger partial charge in [-0.25, -0.2) is 9.97 Å². The van der Waals surface area contributed by atoms with Crippen LogP contribution in [-0.2, 0) is 4.79 Å². The lowest BCUT2D eigenvalue weighted by molar-refractivity contribution is -0.114. The lowest BCUT2D eigenvalue weighted by Crippen LogP contribution is -2.06. The Labute approximate surface area is 112 Å². The molecule has 2 aromatic rings. The highest BCUT2D eigenvalue weighted by Crippen LogP contribution is 2.22. The molecule has 0 aliphatic carbocycles. The van der Waals surface area contributed by atoms with E-state index in [1.807, 2.05) is 18.2 Å². The van der Waals surface area contributed by atoms with Gasteiger partial charge in [-0.15, -0.1) is 0 Å². The molecular weight excluding hydrogens is 240 g/mol. The van der Waals surface area contributed by atoms with Crippen LogP contribution in [0, 0.1) is 0 Å². The molecule has 0 fully saturated rings. The molecular formula is C14H18N4O. The average Bonchev–Trinajstić information content (AvgIpc) is 2.38. The minimum absolute atomic E-state index is 0.0882. The van der Waals surface area contributed by atoms with Crippen molar-refractivity contribution < 1.29 is 4.79 Å². The van der Waals surface area contributed by atoms with Gasteiger partial charge < -0.3 is 10.6 Å². The maximum Gasteiger partial charge on any atom is 0.221 e. The number of hydrogen-bond acceptors (Lipinski definition) is 4. The van der Waals surface area contributed by atoms with Crippen LogP contribution in [0.4, 0.5) is 11.5 Å². The monoisotopic (exact) mass is 258 g/mol. The van der Waals surface area contributed by atoms with Gasteiger partial charge in [-0.2, -0.15) is 0 Å². The molecule has 0 saturated heterocycles. The van der Waals surface area contributed by atoms with Crippen molar-refractivity contribution in [2.24, 2.45) is 0 Å². The van der Waals surface area contributed by atoms with Gasteiger partial charge >= 0.3 is 0 Å². The van der Waals surface area contributed by atoms with Gasteiger partial charge in [0.25, 0.3) is 0 Å². The van der Waals surface area contributed by atoms with Gasteiger partial charge in [0.1, 0.15) is 12.1 Å². The van der Waals surface area contributed by atoms with E-state index in [4.69, 9.17) is 0 Å². The Morgan fingerprint density at radius 3 is 2.89 bits per heavy atom. The molecule has 100 valence electrons. The van der Waals surface area contributed by atoms with E-state index in [1.165, 1.54) is 13.3 Å². The fourth-order valence-electron chi connectivity index (χ4n) is 1.86. The Balaban J connectivity index is 2.27. The van der Waals surface area contributed by atoms with Crippen molar-refractivity contribution in [1.29, 1.82) is 0 Å². The van der Waals surface area contributed by atoms with Gasteiger partial charge in [0.2, 0.25) is 5.91 Å². The van der Waals surface area contributed by atoms with Gasteiger partial charge in [-0.05, 0) is 24.6 Å². The van der Waals surface area contributed by atoms with Crippen LogP contribution in [-0.4, -0.2) is 22.4 Å². The molecule has 0 saturated carbocycles. The highest BCUT2D eigenvalue weighted by atomic mass is 16.1. The summed E-state index contributed by atoms with van der Waals surface area (Å²) in [5.74, 6) is 0.752. The molecule has 5 nitrogen and oxygen atoms in total. The maximum atomic E-state index is 11.0. The van der Waals surface area contributed by atoms with Crippen molar-refractivity contribution >= 4 is 28.3 Å². The van der Waals surface area contributed by atoms with Gasteiger partial charge in [0, 0.05) is 24.5 Å². The third kappa shape index (κ3) is 3.40. The number of nitrogens with zero attached hydrogens (tertiary/aromatic N) is 2. The van der Waals surface area contributed by atoms with E-state index in [9.17, 15) is 4.79 Å². The Hall–Kier alpha value is -2.17. The number of carbonyl (C=O) groups excluding carboxylic acids is 1. The van der Waals surface area contributed by atoms with E-state index in [1.54, 1.807) is 0 Å². The number of hydrogen-bond donors (Lipinski definition) is 2. The molecule has 2 rings (SSSR count). The van der Waals surface area contributed by atoms with Crippen LogP contribution in [0.2, 0.25) is 0 Å². The molecule has 0 atom stereocenters. The van der Waals surface area contributed by atoms with Gasteiger partial charge in [-0.3, -0.25) is 4.79 Å². The summed E-state index contributed by atoms with van der Waals surface area (Å²) in [6.45, 7) is 4.54. The number of anilines is 2. The summed E-state index contributed by atoms with van der Waals surface area (Å²) < 4.78 is 0. The van der Waals surface area contributed by atoms with Crippen molar-refractivity contribution in [1.82, 2.24) is 9.97 Å². The summed E-state index contributed by atoms with van der Waals surface area (Å²) in [6, 6.07) is 5.64. The summed E-state index contributed by atoms with van der Waals surface area (Å²) in [6.07, 6.45) is 3.78. The minimum Gasteiger partial charge on any atom is -0.369 e. The normalized spacial score (nSPS) is 10.4. The summed E-state index contributed by atoms with van der Waals surface area (Å²) in [4.78, 5) is 19.5. The Morgan fingerprint density at radius 1 is 1.32 bits per heavy atom. The van der Waals surface area contributed by atoms with Crippen LogP contribution in [0.3, 0.4) is 0 Å². The number of rotatable bonds is 5. The zero-order valence-corrected chi connectivity index (χ0v) is 11.2. The number of amides is 1. The van der Waals surface area contributed by atoms with Crippen molar-refractivity contribution in [3.8, 4) is 0 Å². The topological polar surface area (TPSA) is 66.9 Å². The van der Waals surface area contributed by atoms with Crippen LogP contribution in [0.1, 0.15) is 26.7 Å². The van der Waals surface area contributed by atoms with Crippen molar-refractivity contribution in [3.63, 3.8) is 0 Å². The van der Waals surface area contributed by atoms with Crippen molar-refractivity contribution in [2.75, 3.05) is 17.2 Å². The van der Waals surface area contributed by atoms with Crippen molar-refractivity contribution in [2.45, 2.75) is 26.7 Å². The number of fused-ring (bicyclic) bond motifs is 1. The predicted octanol–water partition coefficient (Wildman–Crippen LogP) is 2.80. The van der Waals surface area contributed by atoms with Crippen LogP contribution < -0.4 is 10.6 Å². The maximum absolute atomic E-state index is 11.0.